The van der Waals surface area contributed by atoms with Gasteiger partial charge < -0.3 is 15.7 Å². The highest BCUT2D eigenvalue weighted by atomic mass is 16.3. The fraction of sp³-hybridized carbons (Fsp3) is 0.250. The van der Waals surface area contributed by atoms with Crippen LogP contribution in [0, 0.1) is 6.92 Å². The molecule has 1 aromatic carbocycles. The molecule has 3 rings (SSSR count). The van der Waals surface area contributed by atoms with E-state index in [2.05, 4.69) is 56.8 Å². The van der Waals surface area contributed by atoms with Gasteiger partial charge in [0.05, 0.1) is 18.0 Å². The van der Waals surface area contributed by atoms with Crippen molar-refractivity contribution in [3.05, 3.63) is 65.9 Å². The van der Waals surface area contributed by atoms with Crippen LogP contribution in [-0.4, -0.2) is 32.7 Å². The number of pyridine rings is 1. The minimum Gasteiger partial charge on any atom is -0.394 e. The van der Waals surface area contributed by atoms with Gasteiger partial charge in [-0.05, 0) is 31.5 Å². The first-order valence-electron chi connectivity index (χ1n) is 8.61. The van der Waals surface area contributed by atoms with Crippen LogP contribution in [0.2, 0.25) is 0 Å². The van der Waals surface area contributed by atoms with E-state index in [1.165, 1.54) is 11.1 Å². The van der Waals surface area contributed by atoms with Gasteiger partial charge in [-0.3, -0.25) is 4.98 Å². The second-order valence-electron chi connectivity index (χ2n) is 6.24. The topological polar surface area (TPSA) is 83.0 Å². The zero-order valence-corrected chi connectivity index (χ0v) is 15.0. The van der Waals surface area contributed by atoms with Crippen LogP contribution in [0.1, 0.15) is 18.1 Å². The fourth-order valence-electron chi connectivity index (χ4n) is 2.41. The summed E-state index contributed by atoms with van der Waals surface area (Å²) in [5.41, 5.74) is 3.90. The number of hydrogen-bond acceptors (Lipinski definition) is 6. The van der Waals surface area contributed by atoms with E-state index in [0.717, 1.165) is 11.4 Å². The molecular formula is C20H23N5O. The Morgan fingerprint density at radius 1 is 1.04 bits per heavy atom. The Balaban J connectivity index is 1.85. The van der Waals surface area contributed by atoms with Gasteiger partial charge >= 0.3 is 0 Å². The molecular weight excluding hydrogens is 326 g/mol. The van der Waals surface area contributed by atoms with Gasteiger partial charge in [0.2, 0.25) is 5.95 Å². The van der Waals surface area contributed by atoms with Gasteiger partial charge in [-0.15, -0.1) is 0 Å². The summed E-state index contributed by atoms with van der Waals surface area (Å²) in [7, 11) is 0. The molecule has 0 radical (unpaired) electrons. The molecule has 134 valence electrons. The van der Waals surface area contributed by atoms with Gasteiger partial charge in [-0.1, -0.05) is 35.9 Å². The van der Waals surface area contributed by atoms with E-state index in [4.69, 9.17) is 0 Å². The van der Waals surface area contributed by atoms with Crippen molar-refractivity contribution in [3.63, 3.8) is 0 Å². The van der Waals surface area contributed by atoms with Crippen LogP contribution in [0.15, 0.2) is 54.7 Å². The first-order chi connectivity index (χ1) is 12.6. The molecule has 0 saturated heterocycles. The van der Waals surface area contributed by atoms with Crippen LogP contribution >= 0.6 is 0 Å². The molecule has 26 heavy (non-hydrogen) atoms. The van der Waals surface area contributed by atoms with Crippen molar-refractivity contribution >= 4 is 11.8 Å². The van der Waals surface area contributed by atoms with Gasteiger partial charge in [-0.25, -0.2) is 4.98 Å². The highest BCUT2D eigenvalue weighted by molar-refractivity contribution is 5.61. The Hall–Kier alpha value is -2.99. The molecule has 3 aromatic rings. The summed E-state index contributed by atoms with van der Waals surface area (Å²) in [6, 6.07) is 15.8. The third kappa shape index (κ3) is 4.77. The van der Waals surface area contributed by atoms with Crippen molar-refractivity contribution in [1.82, 2.24) is 15.0 Å². The third-order valence-corrected chi connectivity index (χ3v) is 3.90. The van der Waals surface area contributed by atoms with Crippen LogP contribution in [0.4, 0.5) is 11.8 Å². The Labute approximate surface area is 153 Å². The first kappa shape index (κ1) is 17.8. The molecule has 2 aromatic heterocycles. The zero-order valence-electron chi connectivity index (χ0n) is 15.0. The number of rotatable bonds is 7. The van der Waals surface area contributed by atoms with E-state index < -0.39 is 0 Å². The average molecular weight is 349 g/mol. The predicted molar refractivity (Wildman–Crippen MR) is 104 cm³/mol. The van der Waals surface area contributed by atoms with E-state index in [9.17, 15) is 5.11 Å². The molecule has 0 saturated carbocycles. The summed E-state index contributed by atoms with van der Waals surface area (Å²) in [6.07, 6.45) is 1.74. The van der Waals surface area contributed by atoms with Gasteiger partial charge in [-0.2, -0.15) is 4.98 Å². The molecule has 2 heterocycles. The van der Waals surface area contributed by atoms with Crippen molar-refractivity contribution in [2.24, 2.45) is 0 Å². The van der Waals surface area contributed by atoms with Crippen molar-refractivity contribution in [3.8, 4) is 11.4 Å². The van der Waals surface area contributed by atoms with Crippen molar-refractivity contribution in [2.75, 3.05) is 17.2 Å². The minimum absolute atomic E-state index is 0.00328. The molecule has 6 nitrogen and oxygen atoms in total. The van der Waals surface area contributed by atoms with Crippen LogP contribution in [0.5, 0.6) is 0 Å². The molecule has 0 aliphatic rings. The summed E-state index contributed by atoms with van der Waals surface area (Å²) < 4.78 is 0. The van der Waals surface area contributed by atoms with E-state index in [0.29, 0.717) is 18.3 Å². The largest absolute Gasteiger partial charge is 0.394 e. The third-order valence-electron chi connectivity index (χ3n) is 3.90. The maximum absolute atomic E-state index is 9.28. The van der Waals surface area contributed by atoms with Crippen molar-refractivity contribution in [1.29, 1.82) is 0 Å². The number of hydrogen-bond donors (Lipinski definition) is 3. The lowest BCUT2D eigenvalue weighted by Gasteiger charge is -2.14. The molecule has 1 atom stereocenters. The van der Waals surface area contributed by atoms with Crippen molar-refractivity contribution < 1.29 is 5.11 Å². The lowest BCUT2D eigenvalue weighted by atomic mass is 10.1. The highest BCUT2D eigenvalue weighted by Crippen LogP contribution is 2.20. The van der Waals surface area contributed by atoms with Crippen LogP contribution in [-0.2, 0) is 6.54 Å². The first-order valence-corrected chi connectivity index (χ1v) is 8.61. The molecule has 0 amide bonds. The Bertz CT molecular complexity index is 837. The van der Waals surface area contributed by atoms with E-state index in [-0.39, 0.29) is 12.6 Å². The maximum Gasteiger partial charge on any atom is 0.225 e. The SMILES string of the molecule is Cc1ccc(CNc2cc(-c3ccccn3)nc(N[C@@H](C)CO)n2)cc1. The van der Waals surface area contributed by atoms with E-state index in [1.807, 2.05) is 31.2 Å². The molecule has 0 bridgehead atoms. The number of benzene rings is 1. The normalized spacial score (nSPS) is 11.8. The molecule has 0 aliphatic carbocycles. The lowest BCUT2D eigenvalue weighted by Crippen LogP contribution is -2.21. The number of nitrogens with zero attached hydrogens (tertiary/aromatic N) is 3. The highest BCUT2D eigenvalue weighted by Gasteiger charge is 2.09. The van der Waals surface area contributed by atoms with Crippen molar-refractivity contribution in [2.45, 2.75) is 26.4 Å². The van der Waals surface area contributed by atoms with E-state index in [1.54, 1.807) is 6.20 Å². The maximum atomic E-state index is 9.28. The molecule has 3 N–H and O–H groups in total. The molecule has 6 heteroatoms. The zero-order chi connectivity index (χ0) is 18.4. The summed E-state index contributed by atoms with van der Waals surface area (Å²) in [5, 5.41) is 15.7. The fourth-order valence-corrected chi connectivity index (χ4v) is 2.41. The number of aliphatic hydroxyl groups is 1. The molecule has 0 fully saturated rings. The molecule has 0 unspecified atom stereocenters. The predicted octanol–water partition coefficient (Wildman–Crippen LogP) is 3.25. The van der Waals surface area contributed by atoms with Crippen LogP contribution in [0.25, 0.3) is 11.4 Å². The quantitative estimate of drug-likeness (QED) is 0.607. The summed E-state index contributed by atoms with van der Waals surface area (Å²) in [6.45, 7) is 4.61. The van der Waals surface area contributed by atoms with Gasteiger partial charge in [0.1, 0.15) is 5.82 Å². The number of nitrogens with one attached hydrogen (secondary N) is 2. The second kappa shape index (κ2) is 8.40. The van der Waals surface area contributed by atoms with E-state index >= 15 is 0 Å². The number of aliphatic hydroxyl groups excluding tert-OH is 1. The van der Waals surface area contributed by atoms with Crippen LogP contribution in [0.3, 0.4) is 0 Å². The van der Waals surface area contributed by atoms with Gasteiger partial charge in [0.15, 0.2) is 0 Å². The Morgan fingerprint density at radius 2 is 1.85 bits per heavy atom. The lowest BCUT2D eigenvalue weighted by molar-refractivity contribution is 0.281. The summed E-state index contributed by atoms with van der Waals surface area (Å²) in [5.74, 6) is 1.16. The van der Waals surface area contributed by atoms with Crippen LogP contribution < -0.4 is 10.6 Å². The smallest absolute Gasteiger partial charge is 0.225 e. The number of anilines is 2. The Kier molecular flexibility index (Phi) is 5.76. The molecule has 0 spiro atoms. The molecule has 0 aliphatic heterocycles. The van der Waals surface area contributed by atoms with Gasteiger partial charge in [0.25, 0.3) is 0 Å². The monoisotopic (exact) mass is 349 g/mol. The number of aromatic nitrogens is 3. The number of aryl methyl sites for hydroxylation is 1. The average Bonchev–Trinajstić information content (AvgIpc) is 2.68. The minimum atomic E-state index is -0.140. The summed E-state index contributed by atoms with van der Waals surface area (Å²) >= 11 is 0. The van der Waals surface area contributed by atoms with Gasteiger partial charge in [0, 0.05) is 24.8 Å². The summed E-state index contributed by atoms with van der Waals surface area (Å²) in [4.78, 5) is 13.4. The Morgan fingerprint density at radius 3 is 2.54 bits per heavy atom. The second-order valence-corrected chi connectivity index (χ2v) is 6.24. The standard InChI is InChI=1S/C20H23N5O/c1-14-6-8-16(9-7-14)12-22-19-11-18(17-5-3-4-10-21-17)24-20(25-19)23-15(2)13-26/h3-11,15,26H,12-13H2,1-2H3,(H2,22,23,24,25)/t15-/m0/s1.